The second-order valence-corrected chi connectivity index (χ2v) is 5.80. The number of piperidine rings is 1. The Morgan fingerprint density at radius 2 is 2.16 bits per heavy atom. The fourth-order valence-electron chi connectivity index (χ4n) is 3.30. The third-order valence-electron chi connectivity index (χ3n) is 4.21. The van der Waals surface area contributed by atoms with Crippen molar-refractivity contribution in [2.75, 3.05) is 18.0 Å². The van der Waals surface area contributed by atoms with E-state index in [1.807, 2.05) is 0 Å². The number of hydrogen-bond acceptors (Lipinski definition) is 2. The summed E-state index contributed by atoms with van der Waals surface area (Å²) in [6.45, 7) is 6.42. The molecule has 19 heavy (non-hydrogen) atoms. The van der Waals surface area contributed by atoms with Gasteiger partial charge in [0, 0.05) is 18.3 Å². The van der Waals surface area contributed by atoms with E-state index >= 15 is 0 Å². The van der Waals surface area contributed by atoms with Gasteiger partial charge in [0.05, 0.1) is 0 Å². The van der Waals surface area contributed by atoms with Crippen LogP contribution in [0.15, 0.2) is 18.2 Å². The minimum atomic E-state index is 0.734. The molecule has 0 aromatic heterocycles. The van der Waals surface area contributed by atoms with Gasteiger partial charge in [0.2, 0.25) is 0 Å². The Morgan fingerprint density at radius 1 is 1.32 bits per heavy atom. The molecule has 1 saturated heterocycles. The van der Waals surface area contributed by atoms with E-state index in [-0.39, 0.29) is 0 Å². The topological polar surface area (TPSA) is 29.3 Å². The number of rotatable bonds is 5. The number of nitrogens with zero attached hydrogens (tertiary/aromatic N) is 1. The van der Waals surface area contributed by atoms with Crippen LogP contribution in [0.2, 0.25) is 0 Å². The van der Waals surface area contributed by atoms with Crippen molar-refractivity contribution in [3.8, 4) is 0 Å². The van der Waals surface area contributed by atoms with Gasteiger partial charge in [0.15, 0.2) is 0 Å². The Bertz CT molecular complexity index is 398. The van der Waals surface area contributed by atoms with Gasteiger partial charge in [-0.2, -0.15) is 0 Å². The average Bonchev–Trinajstić information content (AvgIpc) is 2.41. The van der Waals surface area contributed by atoms with Crippen molar-refractivity contribution in [2.45, 2.75) is 58.4 Å². The van der Waals surface area contributed by atoms with Gasteiger partial charge in [-0.05, 0) is 57.2 Å². The van der Waals surface area contributed by atoms with Crippen molar-refractivity contribution in [3.63, 3.8) is 0 Å². The van der Waals surface area contributed by atoms with E-state index in [2.05, 4.69) is 36.9 Å². The van der Waals surface area contributed by atoms with Gasteiger partial charge in [-0.1, -0.05) is 31.0 Å². The highest BCUT2D eigenvalue weighted by Gasteiger charge is 2.23. The molecular weight excluding hydrogens is 232 g/mol. The van der Waals surface area contributed by atoms with Gasteiger partial charge >= 0.3 is 0 Å². The lowest BCUT2D eigenvalue weighted by Crippen LogP contribution is -2.40. The summed E-state index contributed by atoms with van der Waals surface area (Å²) in [4.78, 5) is 2.65. The lowest BCUT2D eigenvalue weighted by molar-refractivity contribution is 0.434. The van der Waals surface area contributed by atoms with E-state index in [1.54, 1.807) is 0 Å². The molecular formula is C17H28N2. The highest BCUT2D eigenvalue weighted by Crippen LogP contribution is 2.30. The SMILES string of the molecule is CCCC1CCCCN1c1ccc(C)cc1CCN. The van der Waals surface area contributed by atoms with Crippen LogP contribution < -0.4 is 10.6 Å². The number of hydrogen-bond donors (Lipinski definition) is 1. The summed E-state index contributed by atoms with van der Waals surface area (Å²) < 4.78 is 0. The van der Waals surface area contributed by atoms with E-state index in [1.165, 1.54) is 55.5 Å². The average molecular weight is 260 g/mol. The number of benzene rings is 1. The molecule has 1 fully saturated rings. The Kier molecular flexibility index (Phi) is 5.26. The van der Waals surface area contributed by atoms with Crippen LogP contribution >= 0.6 is 0 Å². The van der Waals surface area contributed by atoms with Gasteiger partial charge in [-0.25, -0.2) is 0 Å². The molecule has 1 aromatic carbocycles. The molecule has 1 aliphatic rings. The van der Waals surface area contributed by atoms with E-state index in [4.69, 9.17) is 5.73 Å². The maximum absolute atomic E-state index is 5.78. The van der Waals surface area contributed by atoms with E-state index in [9.17, 15) is 0 Å². The van der Waals surface area contributed by atoms with Crippen LogP contribution in [0.1, 0.15) is 50.2 Å². The minimum Gasteiger partial charge on any atom is -0.368 e. The molecule has 106 valence electrons. The van der Waals surface area contributed by atoms with Crippen molar-refractivity contribution in [3.05, 3.63) is 29.3 Å². The summed E-state index contributed by atoms with van der Waals surface area (Å²) in [5.41, 5.74) is 10.0. The van der Waals surface area contributed by atoms with Crippen molar-refractivity contribution >= 4 is 5.69 Å². The normalized spacial score (nSPS) is 19.7. The van der Waals surface area contributed by atoms with Crippen molar-refractivity contribution in [2.24, 2.45) is 5.73 Å². The molecule has 0 aliphatic carbocycles. The molecule has 0 radical (unpaired) electrons. The first-order valence-electron chi connectivity index (χ1n) is 7.82. The molecule has 1 aromatic rings. The summed E-state index contributed by atoms with van der Waals surface area (Å²) in [6, 6.07) is 7.61. The Labute approximate surface area is 118 Å². The van der Waals surface area contributed by atoms with Crippen molar-refractivity contribution in [1.82, 2.24) is 0 Å². The van der Waals surface area contributed by atoms with E-state index in [0.717, 1.165) is 19.0 Å². The highest BCUT2D eigenvalue weighted by molar-refractivity contribution is 5.56. The molecule has 2 nitrogen and oxygen atoms in total. The molecule has 2 heteroatoms. The molecule has 0 bridgehead atoms. The lowest BCUT2D eigenvalue weighted by atomic mass is 9.95. The first-order valence-corrected chi connectivity index (χ1v) is 7.82. The third kappa shape index (κ3) is 3.50. The third-order valence-corrected chi connectivity index (χ3v) is 4.21. The lowest BCUT2D eigenvalue weighted by Gasteiger charge is -2.39. The largest absolute Gasteiger partial charge is 0.368 e. The fourth-order valence-corrected chi connectivity index (χ4v) is 3.30. The fraction of sp³-hybridized carbons (Fsp3) is 0.647. The summed E-state index contributed by atoms with van der Waals surface area (Å²) in [7, 11) is 0. The van der Waals surface area contributed by atoms with Crippen LogP contribution in [0.5, 0.6) is 0 Å². The zero-order chi connectivity index (χ0) is 13.7. The van der Waals surface area contributed by atoms with Gasteiger partial charge in [-0.15, -0.1) is 0 Å². The van der Waals surface area contributed by atoms with Gasteiger partial charge in [-0.3, -0.25) is 0 Å². The monoisotopic (exact) mass is 260 g/mol. The highest BCUT2D eigenvalue weighted by atomic mass is 15.2. The summed E-state index contributed by atoms with van der Waals surface area (Å²) in [5.74, 6) is 0. The number of nitrogens with two attached hydrogens (primary N) is 1. The Morgan fingerprint density at radius 3 is 2.89 bits per heavy atom. The Hall–Kier alpha value is -1.02. The first kappa shape index (κ1) is 14.4. The second kappa shape index (κ2) is 6.95. The predicted molar refractivity (Wildman–Crippen MR) is 83.8 cm³/mol. The van der Waals surface area contributed by atoms with Crippen LogP contribution in [0.25, 0.3) is 0 Å². The number of aryl methyl sites for hydroxylation is 1. The summed E-state index contributed by atoms with van der Waals surface area (Å²) >= 11 is 0. The molecule has 2 rings (SSSR count). The zero-order valence-electron chi connectivity index (χ0n) is 12.5. The van der Waals surface area contributed by atoms with Crippen LogP contribution in [0, 0.1) is 6.92 Å². The predicted octanol–water partition coefficient (Wildman–Crippen LogP) is 3.66. The zero-order valence-corrected chi connectivity index (χ0v) is 12.5. The van der Waals surface area contributed by atoms with Gasteiger partial charge < -0.3 is 10.6 Å². The summed E-state index contributed by atoms with van der Waals surface area (Å²) in [6.07, 6.45) is 7.65. The smallest absolute Gasteiger partial charge is 0.0401 e. The second-order valence-electron chi connectivity index (χ2n) is 5.80. The van der Waals surface area contributed by atoms with Crippen LogP contribution in [-0.4, -0.2) is 19.1 Å². The standard InChI is InChI=1S/C17H28N2/c1-3-6-16-7-4-5-12-19(16)17-9-8-14(2)13-15(17)10-11-18/h8-9,13,16H,3-7,10-12,18H2,1-2H3. The molecule has 0 spiro atoms. The Balaban J connectivity index is 2.27. The number of anilines is 1. The van der Waals surface area contributed by atoms with E-state index in [0.29, 0.717) is 0 Å². The van der Waals surface area contributed by atoms with Crippen LogP contribution in [0.4, 0.5) is 5.69 Å². The van der Waals surface area contributed by atoms with E-state index < -0.39 is 0 Å². The summed E-state index contributed by atoms with van der Waals surface area (Å²) in [5, 5.41) is 0. The maximum Gasteiger partial charge on any atom is 0.0401 e. The van der Waals surface area contributed by atoms with Crippen molar-refractivity contribution in [1.29, 1.82) is 0 Å². The maximum atomic E-state index is 5.78. The minimum absolute atomic E-state index is 0.734. The molecule has 1 aliphatic heterocycles. The molecule has 1 heterocycles. The quantitative estimate of drug-likeness (QED) is 0.875. The molecule has 2 N–H and O–H groups in total. The van der Waals surface area contributed by atoms with Gasteiger partial charge in [0.1, 0.15) is 0 Å². The molecule has 0 saturated carbocycles. The van der Waals surface area contributed by atoms with Gasteiger partial charge in [0.25, 0.3) is 0 Å². The van der Waals surface area contributed by atoms with Crippen LogP contribution in [-0.2, 0) is 6.42 Å². The molecule has 1 atom stereocenters. The molecule has 1 unspecified atom stereocenters. The first-order chi connectivity index (χ1) is 9.26. The molecule has 0 amide bonds. The van der Waals surface area contributed by atoms with Crippen molar-refractivity contribution < 1.29 is 0 Å². The van der Waals surface area contributed by atoms with Crippen LogP contribution in [0.3, 0.4) is 0 Å².